The number of anilines is 1. The summed E-state index contributed by atoms with van der Waals surface area (Å²) in [5.41, 5.74) is 1.14. The van der Waals surface area contributed by atoms with Crippen LogP contribution in [0.2, 0.25) is 0 Å². The van der Waals surface area contributed by atoms with Gasteiger partial charge in [-0.25, -0.2) is 9.37 Å². The maximum absolute atomic E-state index is 14.0. The number of carbonyl (C=O) groups excluding carboxylic acids is 2. The first-order valence-corrected chi connectivity index (χ1v) is 10.4. The van der Waals surface area contributed by atoms with Gasteiger partial charge in [0.15, 0.2) is 0 Å². The van der Waals surface area contributed by atoms with E-state index in [0.29, 0.717) is 25.1 Å². The van der Waals surface area contributed by atoms with E-state index in [1.54, 1.807) is 25.1 Å². The molecular weight excluding hydrogens is 369 g/mol. The molecule has 2 unspecified atom stereocenters. The highest BCUT2D eigenvalue weighted by Gasteiger charge is 2.23. The molecule has 6 heteroatoms. The fourth-order valence-corrected chi connectivity index (χ4v) is 3.36. The van der Waals surface area contributed by atoms with E-state index in [9.17, 15) is 14.0 Å². The van der Waals surface area contributed by atoms with Gasteiger partial charge in [-0.2, -0.15) is 0 Å². The number of benzene rings is 1. The van der Waals surface area contributed by atoms with E-state index in [1.807, 2.05) is 38.1 Å². The van der Waals surface area contributed by atoms with Crippen molar-refractivity contribution in [1.82, 2.24) is 9.88 Å². The molecule has 0 saturated carbocycles. The summed E-state index contributed by atoms with van der Waals surface area (Å²) in [5, 5.41) is 4.85. The van der Waals surface area contributed by atoms with Gasteiger partial charge in [-0.1, -0.05) is 37.6 Å². The number of amides is 2. The zero-order valence-corrected chi connectivity index (χ0v) is 17.9. The number of hydrogen-bond acceptors (Lipinski definition) is 3. The van der Waals surface area contributed by atoms with Crippen LogP contribution in [0.15, 0.2) is 30.5 Å². The molecule has 0 spiro atoms. The van der Waals surface area contributed by atoms with Crippen LogP contribution in [-0.2, 0) is 9.59 Å². The van der Waals surface area contributed by atoms with E-state index in [0.717, 1.165) is 22.8 Å². The van der Waals surface area contributed by atoms with Crippen LogP contribution in [0.5, 0.6) is 0 Å². The molecule has 1 aromatic heterocycles. The van der Waals surface area contributed by atoms with E-state index in [1.165, 1.54) is 0 Å². The largest absolute Gasteiger partial charge is 0.343 e. The summed E-state index contributed by atoms with van der Waals surface area (Å²) >= 11 is 0. The minimum atomic E-state index is -0.981. The number of aromatic nitrogens is 1. The fraction of sp³-hybridized carbons (Fsp3) is 0.522. The number of nitrogens with one attached hydrogen (secondary N) is 1. The van der Waals surface area contributed by atoms with E-state index in [4.69, 9.17) is 0 Å². The molecule has 5 nitrogen and oxygen atoms in total. The SMILES string of the molecule is CCCC(=O)N(C)C(CCC(=O)Nc1cc2cc(C)ccc2cn1)CC(F)CC. The van der Waals surface area contributed by atoms with Crippen LogP contribution in [0, 0.1) is 6.92 Å². The fourth-order valence-electron chi connectivity index (χ4n) is 3.36. The molecule has 0 fully saturated rings. The number of fused-ring (bicyclic) bond motifs is 1. The Hall–Kier alpha value is -2.50. The lowest BCUT2D eigenvalue weighted by Crippen LogP contribution is -2.39. The lowest BCUT2D eigenvalue weighted by atomic mass is 10.0. The highest BCUT2D eigenvalue weighted by atomic mass is 19.1. The van der Waals surface area contributed by atoms with Gasteiger partial charge in [0.05, 0.1) is 0 Å². The van der Waals surface area contributed by atoms with Gasteiger partial charge in [0.25, 0.3) is 0 Å². The third-order valence-electron chi connectivity index (χ3n) is 5.23. The summed E-state index contributed by atoms with van der Waals surface area (Å²) in [4.78, 5) is 30.6. The lowest BCUT2D eigenvalue weighted by Gasteiger charge is -2.29. The van der Waals surface area contributed by atoms with Gasteiger partial charge in [-0.05, 0) is 44.1 Å². The normalized spacial score (nSPS) is 13.1. The molecule has 1 N–H and O–H groups in total. The lowest BCUT2D eigenvalue weighted by molar-refractivity contribution is -0.133. The Morgan fingerprint density at radius 3 is 2.62 bits per heavy atom. The molecule has 0 aliphatic rings. The van der Waals surface area contributed by atoms with Gasteiger partial charge >= 0.3 is 0 Å². The average Bonchev–Trinajstić information content (AvgIpc) is 2.70. The molecular formula is C23H32FN3O2. The molecule has 2 atom stereocenters. The van der Waals surface area contributed by atoms with E-state index >= 15 is 0 Å². The summed E-state index contributed by atoms with van der Waals surface area (Å²) in [7, 11) is 1.70. The van der Waals surface area contributed by atoms with Gasteiger partial charge in [-0.3, -0.25) is 9.59 Å². The molecule has 0 radical (unpaired) electrons. The second kappa shape index (κ2) is 10.9. The van der Waals surface area contributed by atoms with Gasteiger partial charge in [0.2, 0.25) is 11.8 Å². The topological polar surface area (TPSA) is 62.3 Å². The highest BCUT2D eigenvalue weighted by Crippen LogP contribution is 2.20. The quantitative estimate of drug-likeness (QED) is 0.607. The molecule has 2 amide bonds. The Morgan fingerprint density at radius 1 is 1.17 bits per heavy atom. The predicted molar refractivity (Wildman–Crippen MR) is 116 cm³/mol. The number of carbonyl (C=O) groups is 2. The highest BCUT2D eigenvalue weighted by molar-refractivity contribution is 5.92. The maximum atomic E-state index is 14.0. The molecule has 0 aliphatic heterocycles. The van der Waals surface area contributed by atoms with Crippen molar-refractivity contribution in [1.29, 1.82) is 0 Å². The Morgan fingerprint density at radius 2 is 1.93 bits per heavy atom. The van der Waals surface area contributed by atoms with E-state index in [-0.39, 0.29) is 30.7 Å². The van der Waals surface area contributed by atoms with Crippen LogP contribution in [0.1, 0.15) is 57.9 Å². The van der Waals surface area contributed by atoms with Crippen molar-refractivity contribution in [2.45, 2.75) is 71.5 Å². The first-order chi connectivity index (χ1) is 13.8. The molecule has 0 bridgehead atoms. The molecule has 1 heterocycles. The Kier molecular flexibility index (Phi) is 8.55. The molecule has 29 heavy (non-hydrogen) atoms. The van der Waals surface area contributed by atoms with Crippen molar-refractivity contribution in [3.8, 4) is 0 Å². The molecule has 2 rings (SSSR count). The number of nitrogens with zero attached hydrogens (tertiary/aromatic N) is 2. The number of rotatable bonds is 10. The minimum absolute atomic E-state index is 0.00669. The summed E-state index contributed by atoms with van der Waals surface area (Å²) in [6.07, 6.45) is 3.22. The molecule has 1 aromatic carbocycles. The van der Waals surface area contributed by atoms with Crippen LogP contribution in [-0.4, -0.2) is 41.0 Å². The van der Waals surface area contributed by atoms with Gasteiger partial charge in [0, 0.05) is 37.5 Å². The molecule has 2 aromatic rings. The first kappa shape index (κ1) is 22.8. The van der Waals surface area contributed by atoms with E-state index in [2.05, 4.69) is 10.3 Å². The third kappa shape index (κ3) is 6.80. The van der Waals surface area contributed by atoms with Crippen LogP contribution in [0.25, 0.3) is 10.8 Å². The second-order valence-corrected chi connectivity index (χ2v) is 7.66. The molecule has 0 aliphatic carbocycles. The smallest absolute Gasteiger partial charge is 0.225 e. The van der Waals surface area contributed by atoms with Gasteiger partial charge in [0.1, 0.15) is 12.0 Å². The second-order valence-electron chi connectivity index (χ2n) is 7.66. The van der Waals surface area contributed by atoms with Crippen LogP contribution >= 0.6 is 0 Å². The summed E-state index contributed by atoms with van der Waals surface area (Å²) in [5.74, 6) is 0.308. The number of alkyl halides is 1. The first-order valence-electron chi connectivity index (χ1n) is 10.4. The molecule has 0 saturated heterocycles. The monoisotopic (exact) mass is 401 g/mol. The van der Waals surface area contributed by atoms with Crippen molar-refractivity contribution in [3.63, 3.8) is 0 Å². The van der Waals surface area contributed by atoms with Crippen molar-refractivity contribution < 1.29 is 14.0 Å². The van der Waals surface area contributed by atoms with Crippen molar-refractivity contribution in [2.24, 2.45) is 0 Å². The number of aryl methyl sites for hydroxylation is 1. The Bertz CT molecular complexity index is 840. The minimum Gasteiger partial charge on any atom is -0.343 e. The van der Waals surface area contributed by atoms with Gasteiger partial charge < -0.3 is 10.2 Å². The maximum Gasteiger partial charge on any atom is 0.225 e. The third-order valence-corrected chi connectivity index (χ3v) is 5.23. The zero-order chi connectivity index (χ0) is 21.4. The zero-order valence-electron chi connectivity index (χ0n) is 17.9. The van der Waals surface area contributed by atoms with Crippen LogP contribution in [0.4, 0.5) is 10.2 Å². The summed E-state index contributed by atoms with van der Waals surface area (Å²) < 4.78 is 14.0. The average molecular weight is 402 g/mol. The number of pyridine rings is 1. The van der Waals surface area contributed by atoms with E-state index < -0.39 is 6.17 Å². The molecule has 158 valence electrons. The number of halogens is 1. The predicted octanol–water partition coefficient (Wildman–Crippen LogP) is 5.03. The Balaban J connectivity index is 2.00. The Labute approximate surface area is 172 Å². The van der Waals surface area contributed by atoms with Crippen LogP contribution in [0.3, 0.4) is 0 Å². The van der Waals surface area contributed by atoms with Gasteiger partial charge in [-0.15, -0.1) is 0 Å². The van der Waals surface area contributed by atoms with Crippen molar-refractivity contribution in [3.05, 3.63) is 36.0 Å². The number of hydrogen-bond donors (Lipinski definition) is 1. The standard InChI is InChI=1S/C23H32FN3O2/c1-5-7-23(29)27(4)20(14-19(24)6-2)10-11-22(28)26-21-13-18-12-16(3)8-9-17(18)15-25-21/h8-9,12-13,15,19-20H,5-7,10-11,14H2,1-4H3,(H,25,26,28). The summed E-state index contributed by atoms with van der Waals surface area (Å²) in [6, 6.07) is 7.62. The van der Waals surface area contributed by atoms with Crippen molar-refractivity contribution >= 4 is 28.4 Å². The van der Waals surface area contributed by atoms with Crippen LogP contribution < -0.4 is 5.32 Å². The summed E-state index contributed by atoms with van der Waals surface area (Å²) in [6.45, 7) is 5.74. The van der Waals surface area contributed by atoms with Crippen molar-refractivity contribution in [2.75, 3.05) is 12.4 Å².